The van der Waals surface area contributed by atoms with Gasteiger partial charge in [-0.15, -0.1) is 0 Å². The highest BCUT2D eigenvalue weighted by Gasteiger charge is 2.38. The molecule has 20 heavy (non-hydrogen) atoms. The molecule has 3 nitrogen and oxygen atoms in total. The van der Waals surface area contributed by atoms with E-state index in [1.807, 2.05) is 48.5 Å². The molecule has 1 aliphatic heterocycles. The van der Waals surface area contributed by atoms with E-state index in [2.05, 4.69) is 16.7 Å². The molecule has 0 saturated heterocycles. The quantitative estimate of drug-likeness (QED) is 0.658. The Morgan fingerprint density at radius 1 is 1.10 bits per heavy atom. The van der Waals surface area contributed by atoms with Crippen LogP contribution < -0.4 is 10.6 Å². The summed E-state index contributed by atoms with van der Waals surface area (Å²) in [6.45, 7) is 0.781. The number of carbonyl (C=O) groups excluding carboxylic acids is 1. The van der Waals surface area contributed by atoms with Crippen LogP contribution in [0.2, 0.25) is 0 Å². The molecule has 0 aromatic heterocycles. The maximum absolute atomic E-state index is 11.5. The van der Waals surface area contributed by atoms with Crippen LogP contribution in [0.5, 0.6) is 0 Å². The molecule has 0 unspecified atom stereocenters. The minimum atomic E-state index is -0.755. The third-order valence-electron chi connectivity index (χ3n) is 3.70. The Labute approximate surface area is 123 Å². The van der Waals surface area contributed by atoms with Crippen LogP contribution >= 0.6 is 11.6 Å². The van der Waals surface area contributed by atoms with E-state index in [1.54, 1.807) is 0 Å². The standard InChI is InChI=1S/C16H15ClN2O/c17-15(20)19-16(13-7-2-1-3-8-13)14-9-5-4-6-12(14)10-11-18-16/h1-9,18H,10-11H2,(H,19,20)/t16-/m0/s1. The Balaban J connectivity index is 2.20. The number of nitrogens with one attached hydrogen (secondary N) is 2. The van der Waals surface area contributed by atoms with Gasteiger partial charge < -0.3 is 5.32 Å². The maximum Gasteiger partial charge on any atom is 0.315 e. The zero-order chi connectivity index (χ0) is 14.0. The molecule has 2 aromatic rings. The van der Waals surface area contributed by atoms with Crippen LogP contribution in [-0.4, -0.2) is 11.9 Å². The second-order valence-electron chi connectivity index (χ2n) is 4.85. The van der Waals surface area contributed by atoms with Gasteiger partial charge in [-0.2, -0.15) is 0 Å². The molecule has 4 heteroatoms. The Morgan fingerprint density at radius 3 is 2.55 bits per heavy atom. The fraction of sp³-hybridized carbons (Fsp3) is 0.188. The number of hydrogen-bond acceptors (Lipinski definition) is 2. The molecule has 3 rings (SSSR count). The first kappa shape index (κ1) is 13.2. The summed E-state index contributed by atoms with van der Waals surface area (Å²) in [5.74, 6) is 0. The van der Waals surface area contributed by atoms with Gasteiger partial charge in [-0.1, -0.05) is 54.6 Å². The van der Waals surface area contributed by atoms with Crippen molar-refractivity contribution in [2.24, 2.45) is 0 Å². The molecular weight excluding hydrogens is 272 g/mol. The monoisotopic (exact) mass is 286 g/mol. The van der Waals surface area contributed by atoms with Crippen LogP contribution in [0.1, 0.15) is 16.7 Å². The molecule has 1 heterocycles. The van der Waals surface area contributed by atoms with Gasteiger partial charge in [-0.05, 0) is 29.1 Å². The second kappa shape index (κ2) is 5.27. The van der Waals surface area contributed by atoms with Crippen molar-refractivity contribution in [2.45, 2.75) is 12.1 Å². The van der Waals surface area contributed by atoms with Gasteiger partial charge in [0.15, 0.2) is 0 Å². The third kappa shape index (κ3) is 2.19. The summed E-state index contributed by atoms with van der Waals surface area (Å²) in [5, 5.41) is 5.73. The lowest BCUT2D eigenvalue weighted by Gasteiger charge is -2.40. The number of carbonyl (C=O) groups is 1. The van der Waals surface area contributed by atoms with Crippen molar-refractivity contribution in [3.8, 4) is 0 Å². The van der Waals surface area contributed by atoms with E-state index in [-0.39, 0.29) is 0 Å². The molecule has 1 atom stereocenters. The van der Waals surface area contributed by atoms with E-state index in [0.29, 0.717) is 0 Å². The molecule has 0 aliphatic carbocycles. The second-order valence-corrected chi connectivity index (χ2v) is 5.19. The van der Waals surface area contributed by atoms with Crippen molar-refractivity contribution in [3.63, 3.8) is 0 Å². The normalized spacial score (nSPS) is 21.1. The van der Waals surface area contributed by atoms with E-state index in [4.69, 9.17) is 11.6 Å². The Kier molecular flexibility index (Phi) is 3.47. The predicted molar refractivity (Wildman–Crippen MR) is 79.8 cm³/mol. The largest absolute Gasteiger partial charge is 0.316 e. The molecule has 0 fully saturated rings. The number of fused-ring (bicyclic) bond motifs is 1. The Bertz CT molecular complexity index is 629. The summed E-state index contributed by atoms with van der Waals surface area (Å²) in [7, 11) is 0. The highest BCUT2D eigenvalue weighted by atomic mass is 35.5. The average Bonchev–Trinajstić information content (AvgIpc) is 2.48. The summed E-state index contributed by atoms with van der Waals surface area (Å²) in [5.41, 5.74) is 2.49. The minimum Gasteiger partial charge on any atom is -0.316 e. The number of hydrogen-bond donors (Lipinski definition) is 2. The number of amides is 1. The fourth-order valence-corrected chi connectivity index (χ4v) is 3.00. The van der Waals surface area contributed by atoms with Crippen molar-refractivity contribution in [1.29, 1.82) is 0 Å². The number of benzene rings is 2. The van der Waals surface area contributed by atoms with E-state index in [0.717, 1.165) is 24.1 Å². The van der Waals surface area contributed by atoms with Crippen LogP contribution in [0, 0.1) is 0 Å². The van der Waals surface area contributed by atoms with E-state index >= 15 is 0 Å². The van der Waals surface area contributed by atoms with Gasteiger partial charge in [0.05, 0.1) is 0 Å². The van der Waals surface area contributed by atoms with Crippen molar-refractivity contribution in [2.75, 3.05) is 6.54 Å². The molecule has 102 valence electrons. The van der Waals surface area contributed by atoms with Gasteiger partial charge in [0.1, 0.15) is 5.66 Å². The predicted octanol–water partition coefficient (Wildman–Crippen LogP) is 2.98. The summed E-state index contributed by atoms with van der Waals surface area (Å²) >= 11 is 5.63. The molecule has 1 aliphatic rings. The molecule has 0 spiro atoms. The lowest BCUT2D eigenvalue weighted by Crippen LogP contribution is -2.58. The number of rotatable bonds is 2. The molecule has 2 aromatic carbocycles. The lowest BCUT2D eigenvalue weighted by atomic mass is 9.84. The van der Waals surface area contributed by atoms with Crippen LogP contribution in [0.4, 0.5) is 4.79 Å². The van der Waals surface area contributed by atoms with Crippen molar-refractivity contribution >= 4 is 17.0 Å². The summed E-state index contributed by atoms with van der Waals surface area (Å²) in [6.07, 6.45) is 0.933. The first-order valence-corrected chi connectivity index (χ1v) is 6.97. The van der Waals surface area contributed by atoms with Crippen LogP contribution in [-0.2, 0) is 12.1 Å². The minimum absolute atomic E-state index is 0.571. The van der Waals surface area contributed by atoms with Gasteiger partial charge in [0.25, 0.3) is 0 Å². The summed E-state index contributed by atoms with van der Waals surface area (Å²) in [4.78, 5) is 11.5. The average molecular weight is 287 g/mol. The van der Waals surface area contributed by atoms with Gasteiger partial charge >= 0.3 is 5.37 Å². The van der Waals surface area contributed by atoms with Gasteiger partial charge in [-0.25, -0.2) is 0 Å². The topological polar surface area (TPSA) is 41.1 Å². The maximum atomic E-state index is 11.5. The van der Waals surface area contributed by atoms with Crippen LogP contribution in [0.15, 0.2) is 54.6 Å². The molecule has 1 amide bonds. The first-order valence-electron chi connectivity index (χ1n) is 6.59. The SMILES string of the molecule is O=C(Cl)N[C@]1(c2ccccc2)NCCc2ccccc21. The van der Waals surface area contributed by atoms with Crippen molar-refractivity contribution in [3.05, 3.63) is 71.3 Å². The van der Waals surface area contributed by atoms with E-state index < -0.39 is 11.0 Å². The zero-order valence-corrected chi connectivity index (χ0v) is 11.7. The van der Waals surface area contributed by atoms with E-state index in [1.165, 1.54) is 5.56 Å². The van der Waals surface area contributed by atoms with Gasteiger partial charge in [0.2, 0.25) is 0 Å². The van der Waals surface area contributed by atoms with E-state index in [9.17, 15) is 4.79 Å². The Hall–Kier alpha value is -1.84. The zero-order valence-electron chi connectivity index (χ0n) is 10.9. The molecule has 0 bridgehead atoms. The third-order valence-corrected chi connectivity index (χ3v) is 3.79. The summed E-state index contributed by atoms with van der Waals surface area (Å²) < 4.78 is 0. The molecular formula is C16H15ClN2O. The number of halogens is 1. The molecule has 0 saturated carbocycles. The Morgan fingerprint density at radius 2 is 1.80 bits per heavy atom. The summed E-state index contributed by atoms with van der Waals surface area (Å²) in [6, 6.07) is 18.0. The first-order chi connectivity index (χ1) is 9.72. The van der Waals surface area contributed by atoms with Gasteiger partial charge in [0, 0.05) is 12.1 Å². The lowest BCUT2D eigenvalue weighted by molar-refractivity contribution is 0.240. The van der Waals surface area contributed by atoms with Crippen LogP contribution in [0.3, 0.4) is 0 Å². The molecule has 2 N–H and O–H groups in total. The highest BCUT2D eigenvalue weighted by Crippen LogP contribution is 2.32. The molecule has 0 radical (unpaired) electrons. The van der Waals surface area contributed by atoms with Crippen molar-refractivity contribution < 1.29 is 4.79 Å². The fourth-order valence-electron chi connectivity index (χ4n) is 2.86. The van der Waals surface area contributed by atoms with Gasteiger partial charge in [-0.3, -0.25) is 10.1 Å². The smallest absolute Gasteiger partial charge is 0.315 e. The van der Waals surface area contributed by atoms with Crippen LogP contribution in [0.25, 0.3) is 0 Å². The van der Waals surface area contributed by atoms with Crippen molar-refractivity contribution in [1.82, 2.24) is 10.6 Å². The highest BCUT2D eigenvalue weighted by molar-refractivity contribution is 6.63.